The quantitative estimate of drug-likeness (QED) is 0.288. The molecule has 0 amide bonds. The SMILES string of the molecule is CC.CC.CC1CCC(C2CCC(C3CCCCC3C)CC(C3CC3)C2)CC1.CC1CCCCC1.CC1CCCCC1. The highest BCUT2D eigenvalue weighted by molar-refractivity contribution is 4.92. The van der Waals surface area contributed by atoms with Crippen molar-refractivity contribution in [1.29, 1.82) is 0 Å². The van der Waals surface area contributed by atoms with Crippen LogP contribution in [0.5, 0.6) is 0 Å². The van der Waals surface area contributed by atoms with E-state index in [9.17, 15) is 0 Å². The highest BCUT2D eigenvalue weighted by Crippen LogP contribution is 2.52. The molecule has 6 rings (SSSR count). The number of rotatable bonds is 3. The summed E-state index contributed by atoms with van der Waals surface area (Å²) in [6, 6.07) is 0. The normalized spacial score (nSPS) is 36.1. The summed E-state index contributed by atoms with van der Waals surface area (Å²) in [5.41, 5.74) is 0. The average Bonchev–Trinajstić information content (AvgIpc) is 3.89. The van der Waals surface area contributed by atoms with Gasteiger partial charge in [0.15, 0.2) is 0 Å². The summed E-state index contributed by atoms with van der Waals surface area (Å²) in [7, 11) is 0. The van der Waals surface area contributed by atoms with E-state index in [0.717, 1.165) is 59.2 Å². The first-order valence-electron chi connectivity index (χ1n) is 20.5. The van der Waals surface area contributed by atoms with Crippen molar-refractivity contribution in [2.45, 2.75) is 209 Å². The molecule has 0 nitrogen and oxygen atoms in total. The van der Waals surface area contributed by atoms with Crippen LogP contribution in [0.2, 0.25) is 0 Å². The molecule has 5 unspecified atom stereocenters. The molecular formula is C42H82. The molecule has 6 aliphatic carbocycles. The Hall–Kier alpha value is 0. The molecule has 0 heterocycles. The summed E-state index contributed by atoms with van der Waals surface area (Å²) in [6.45, 7) is 17.8. The molecule has 0 aromatic heterocycles. The minimum atomic E-state index is 1.02. The maximum Gasteiger partial charge on any atom is -0.0360 e. The van der Waals surface area contributed by atoms with Crippen LogP contribution in [0.1, 0.15) is 209 Å². The summed E-state index contributed by atoms with van der Waals surface area (Å²) in [5.74, 6) is 10.8. The number of hydrogen-bond donors (Lipinski definition) is 0. The third kappa shape index (κ3) is 14.4. The predicted molar refractivity (Wildman–Crippen MR) is 191 cm³/mol. The summed E-state index contributed by atoms with van der Waals surface area (Å²) < 4.78 is 0. The standard InChI is InChI=1S/C24H42.2C7H14.2C2H6/c1-17-7-9-19(10-8-17)21-13-14-22(16-23(15-21)20-11-12-20)24-6-4-3-5-18(24)2;2*1-7-5-3-2-4-6-7;2*1-2/h17-24H,3-16H2,1-2H3;2*7H,2-6H2,1H3;2*1-2H3. The van der Waals surface area contributed by atoms with E-state index in [1.54, 1.807) is 57.8 Å². The van der Waals surface area contributed by atoms with E-state index in [1.807, 2.05) is 27.7 Å². The fourth-order valence-electron chi connectivity index (χ4n) is 9.72. The van der Waals surface area contributed by atoms with Gasteiger partial charge >= 0.3 is 0 Å². The van der Waals surface area contributed by atoms with Gasteiger partial charge in [0.1, 0.15) is 0 Å². The van der Waals surface area contributed by atoms with Crippen molar-refractivity contribution >= 4 is 0 Å². The summed E-state index contributed by atoms with van der Waals surface area (Å²) in [4.78, 5) is 0. The Morgan fingerprint density at radius 3 is 1.10 bits per heavy atom. The number of hydrogen-bond acceptors (Lipinski definition) is 0. The second kappa shape index (κ2) is 22.5. The molecule has 6 aliphatic rings. The largest absolute Gasteiger partial charge is 0.0683 e. The monoisotopic (exact) mass is 587 g/mol. The van der Waals surface area contributed by atoms with Crippen molar-refractivity contribution in [3.8, 4) is 0 Å². The van der Waals surface area contributed by atoms with Crippen molar-refractivity contribution in [1.82, 2.24) is 0 Å². The van der Waals surface area contributed by atoms with E-state index in [4.69, 9.17) is 0 Å². The zero-order valence-electron chi connectivity index (χ0n) is 30.7. The molecule has 0 bridgehead atoms. The predicted octanol–water partition coefficient (Wildman–Crippen LogP) is 14.7. The van der Waals surface area contributed by atoms with Gasteiger partial charge in [0.2, 0.25) is 0 Å². The zero-order valence-corrected chi connectivity index (χ0v) is 30.7. The summed E-state index contributed by atoms with van der Waals surface area (Å²) >= 11 is 0. The second-order valence-electron chi connectivity index (χ2n) is 16.1. The lowest BCUT2D eigenvalue weighted by Crippen LogP contribution is -2.26. The maximum atomic E-state index is 2.58. The van der Waals surface area contributed by atoms with Gasteiger partial charge in [-0.3, -0.25) is 0 Å². The van der Waals surface area contributed by atoms with Gasteiger partial charge in [-0.15, -0.1) is 0 Å². The fraction of sp³-hybridized carbons (Fsp3) is 1.00. The molecule has 0 aliphatic heterocycles. The van der Waals surface area contributed by atoms with E-state index < -0.39 is 0 Å². The van der Waals surface area contributed by atoms with Crippen molar-refractivity contribution in [3.63, 3.8) is 0 Å². The van der Waals surface area contributed by atoms with Crippen LogP contribution in [0.15, 0.2) is 0 Å². The van der Waals surface area contributed by atoms with Crippen molar-refractivity contribution < 1.29 is 0 Å². The van der Waals surface area contributed by atoms with Crippen LogP contribution >= 0.6 is 0 Å². The van der Waals surface area contributed by atoms with Crippen LogP contribution in [0.4, 0.5) is 0 Å². The third-order valence-corrected chi connectivity index (χ3v) is 12.7. The van der Waals surface area contributed by atoms with E-state index in [2.05, 4.69) is 27.7 Å². The molecule has 0 aromatic rings. The lowest BCUT2D eigenvalue weighted by molar-refractivity contribution is 0.144. The molecule has 0 spiro atoms. The molecule has 0 heteroatoms. The smallest absolute Gasteiger partial charge is 0.0360 e. The fourth-order valence-corrected chi connectivity index (χ4v) is 9.72. The first-order chi connectivity index (χ1) is 20.5. The van der Waals surface area contributed by atoms with Gasteiger partial charge < -0.3 is 0 Å². The van der Waals surface area contributed by atoms with Crippen LogP contribution in [0, 0.1) is 59.2 Å². The molecule has 42 heavy (non-hydrogen) atoms. The first kappa shape index (κ1) is 38.2. The molecule has 250 valence electrons. The Bertz CT molecular complexity index is 582. The average molecular weight is 587 g/mol. The Kier molecular flexibility index (Phi) is 20.5. The van der Waals surface area contributed by atoms with Crippen LogP contribution in [-0.2, 0) is 0 Å². The molecule has 6 saturated carbocycles. The van der Waals surface area contributed by atoms with Gasteiger partial charge in [0.25, 0.3) is 0 Å². The highest BCUT2D eigenvalue weighted by atomic mass is 14.5. The minimum Gasteiger partial charge on any atom is -0.0683 e. The van der Waals surface area contributed by atoms with E-state index >= 15 is 0 Å². The van der Waals surface area contributed by atoms with Crippen LogP contribution in [0.25, 0.3) is 0 Å². The molecule has 0 radical (unpaired) electrons. The van der Waals surface area contributed by atoms with Gasteiger partial charge in [0.05, 0.1) is 0 Å². The van der Waals surface area contributed by atoms with Gasteiger partial charge in [-0.25, -0.2) is 0 Å². The summed E-state index contributed by atoms with van der Waals surface area (Å²) in [5, 5.41) is 0. The van der Waals surface area contributed by atoms with Crippen LogP contribution in [0.3, 0.4) is 0 Å². The van der Waals surface area contributed by atoms with Crippen molar-refractivity contribution in [2.75, 3.05) is 0 Å². The van der Waals surface area contributed by atoms with Crippen LogP contribution < -0.4 is 0 Å². The topological polar surface area (TPSA) is 0 Å². The molecular weight excluding hydrogens is 504 g/mol. The Morgan fingerprint density at radius 1 is 0.286 bits per heavy atom. The Balaban J connectivity index is 0.000000279. The lowest BCUT2D eigenvalue weighted by Gasteiger charge is -2.36. The molecule has 0 saturated heterocycles. The van der Waals surface area contributed by atoms with Gasteiger partial charge in [-0.1, -0.05) is 152 Å². The summed E-state index contributed by atoms with van der Waals surface area (Å²) in [6.07, 6.45) is 36.8. The van der Waals surface area contributed by atoms with Gasteiger partial charge in [-0.05, 0) is 117 Å². The Labute approximate surface area is 268 Å². The van der Waals surface area contributed by atoms with E-state index in [1.165, 1.54) is 96.3 Å². The maximum absolute atomic E-state index is 2.58. The van der Waals surface area contributed by atoms with E-state index in [0.29, 0.717) is 0 Å². The van der Waals surface area contributed by atoms with E-state index in [-0.39, 0.29) is 0 Å². The van der Waals surface area contributed by atoms with Crippen LogP contribution in [-0.4, -0.2) is 0 Å². The first-order valence-corrected chi connectivity index (χ1v) is 20.5. The van der Waals surface area contributed by atoms with Gasteiger partial charge in [-0.2, -0.15) is 0 Å². The Morgan fingerprint density at radius 2 is 0.643 bits per heavy atom. The molecule has 0 N–H and O–H groups in total. The molecule has 5 atom stereocenters. The van der Waals surface area contributed by atoms with Gasteiger partial charge in [0, 0.05) is 0 Å². The van der Waals surface area contributed by atoms with Crippen molar-refractivity contribution in [2.24, 2.45) is 59.2 Å². The van der Waals surface area contributed by atoms with Crippen molar-refractivity contribution in [3.05, 3.63) is 0 Å². The third-order valence-electron chi connectivity index (χ3n) is 12.7. The minimum absolute atomic E-state index is 1.02. The highest BCUT2D eigenvalue weighted by Gasteiger charge is 2.41. The second-order valence-corrected chi connectivity index (χ2v) is 16.1. The molecule has 0 aromatic carbocycles. The lowest BCUT2D eigenvalue weighted by atomic mass is 9.69. The molecule has 6 fully saturated rings. The zero-order chi connectivity index (χ0) is 30.7.